The molecule has 3 aromatic carbocycles. The van der Waals surface area contributed by atoms with Crippen molar-refractivity contribution in [2.24, 2.45) is 0 Å². The summed E-state index contributed by atoms with van der Waals surface area (Å²) in [5.74, 6) is 0. The summed E-state index contributed by atoms with van der Waals surface area (Å²) in [5.41, 5.74) is 8.35. The molecule has 1 radical (unpaired) electrons. The van der Waals surface area contributed by atoms with Gasteiger partial charge < -0.3 is 0 Å². The molecule has 0 saturated heterocycles. The zero-order valence-corrected chi connectivity index (χ0v) is 11.2. The van der Waals surface area contributed by atoms with E-state index in [-0.39, 0.29) is 0 Å². The van der Waals surface area contributed by atoms with Crippen molar-refractivity contribution >= 4 is 10.8 Å². The maximum Gasteiger partial charge on any atom is 0.0218 e. The highest BCUT2D eigenvalue weighted by Crippen LogP contribution is 2.45. The fourth-order valence-corrected chi connectivity index (χ4v) is 3.27. The molecule has 0 N–H and O–H groups in total. The van der Waals surface area contributed by atoms with Crippen molar-refractivity contribution in [3.63, 3.8) is 0 Å². The molecule has 0 aliphatic heterocycles. The van der Waals surface area contributed by atoms with Crippen molar-refractivity contribution in [3.05, 3.63) is 77.2 Å². The average Bonchev–Trinajstić information content (AvgIpc) is 2.84. The Labute approximate surface area is 113 Å². The van der Waals surface area contributed by atoms with E-state index < -0.39 is 0 Å². The Balaban J connectivity index is 2.20. The fraction of sp³-hybridized carbons (Fsp3) is 0.105. The Kier molecular flexibility index (Phi) is 2.11. The van der Waals surface area contributed by atoms with Gasteiger partial charge in [0.25, 0.3) is 0 Å². The van der Waals surface area contributed by atoms with Crippen molar-refractivity contribution < 1.29 is 0 Å². The van der Waals surface area contributed by atoms with Gasteiger partial charge in [0.2, 0.25) is 0 Å². The van der Waals surface area contributed by atoms with Crippen LogP contribution in [0.4, 0.5) is 0 Å². The first-order valence-electron chi connectivity index (χ1n) is 6.73. The van der Waals surface area contributed by atoms with Crippen LogP contribution < -0.4 is 0 Å². The lowest BCUT2D eigenvalue weighted by Gasteiger charge is -2.13. The molecule has 0 heterocycles. The Bertz CT molecular complexity index is 810. The van der Waals surface area contributed by atoms with Crippen LogP contribution in [0.25, 0.3) is 21.9 Å². The van der Waals surface area contributed by atoms with E-state index in [4.69, 9.17) is 0 Å². The summed E-state index contributed by atoms with van der Waals surface area (Å²) in [6, 6.07) is 17.4. The number of rotatable bonds is 0. The first-order valence-corrected chi connectivity index (χ1v) is 6.73. The second-order valence-corrected chi connectivity index (χ2v) is 5.32. The molecule has 91 valence electrons. The third-order valence-corrected chi connectivity index (χ3v) is 4.36. The van der Waals surface area contributed by atoms with E-state index in [1.807, 2.05) is 0 Å². The quantitative estimate of drug-likeness (QED) is 0.406. The van der Waals surface area contributed by atoms with E-state index in [1.54, 1.807) is 0 Å². The summed E-state index contributed by atoms with van der Waals surface area (Å²) in [7, 11) is 0. The largest absolute Gasteiger partial charge is 0.0619 e. The summed E-state index contributed by atoms with van der Waals surface area (Å²) in [4.78, 5) is 0. The van der Waals surface area contributed by atoms with Gasteiger partial charge in [-0.05, 0) is 58.0 Å². The van der Waals surface area contributed by atoms with Gasteiger partial charge >= 0.3 is 0 Å². The van der Waals surface area contributed by atoms with Gasteiger partial charge in [0.05, 0.1) is 0 Å². The molecule has 19 heavy (non-hydrogen) atoms. The molecule has 0 spiro atoms. The van der Waals surface area contributed by atoms with E-state index >= 15 is 0 Å². The van der Waals surface area contributed by atoms with Crippen LogP contribution in [-0.4, -0.2) is 0 Å². The number of hydrogen-bond donors (Lipinski definition) is 0. The Morgan fingerprint density at radius 2 is 1.37 bits per heavy atom. The van der Waals surface area contributed by atoms with E-state index in [2.05, 4.69) is 68.8 Å². The average molecular weight is 243 g/mol. The number of fused-ring (bicyclic) bond motifs is 5. The monoisotopic (exact) mass is 243 g/mol. The minimum Gasteiger partial charge on any atom is -0.0619 e. The number of benzene rings is 3. The second-order valence-electron chi connectivity index (χ2n) is 5.32. The molecule has 0 heteroatoms. The normalized spacial score (nSPS) is 12.5. The van der Waals surface area contributed by atoms with Gasteiger partial charge in [-0.1, -0.05) is 48.5 Å². The zero-order chi connectivity index (χ0) is 13.0. The van der Waals surface area contributed by atoms with Gasteiger partial charge in [0.15, 0.2) is 0 Å². The first kappa shape index (κ1) is 10.8. The van der Waals surface area contributed by atoms with Gasteiger partial charge in [-0.15, -0.1) is 0 Å². The lowest BCUT2D eigenvalue weighted by molar-refractivity contribution is 1.37. The van der Waals surface area contributed by atoms with Gasteiger partial charge in [-0.25, -0.2) is 0 Å². The van der Waals surface area contributed by atoms with Gasteiger partial charge in [-0.3, -0.25) is 0 Å². The lowest BCUT2D eigenvalue weighted by atomic mass is 9.90. The van der Waals surface area contributed by atoms with Crippen molar-refractivity contribution in [1.82, 2.24) is 0 Å². The fourth-order valence-electron chi connectivity index (χ4n) is 3.27. The van der Waals surface area contributed by atoms with Gasteiger partial charge in [0, 0.05) is 6.42 Å². The highest BCUT2D eigenvalue weighted by atomic mass is 14.3. The molecule has 1 aliphatic carbocycles. The molecule has 4 rings (SSSR count). The third kappa shape index (κ3) is 1.34. The SMILES string of the molecule is Cc1c2c(c3ccccc3c1C)[CH]c1ccccc1-2. The molecule has 0 amide bonds. The lowest BCUT2D eigenvalue weighted by Crippen LogP contribution is -1.92. The second kappa shape index (κ2) is 3.71. The Morgan fingerprint density at radius 1 is 0.684 bits per heavy atom. The van der Waals surface area contributed by atoms with Crippen LogP contribution in [0.3, 0.4) is 0 Å². The van der Waals surface area contributed by atoms with E-state index in [0.717, 1.165) is 0 Å². The van der Waals surface area contributed by atoms with Crippen molar-refractivity contribution in [3.8, 4) is 11.1 Å². The highest BCUT2D eigenvalue weighted by Gasteiger charge is 2.23. The molecule has 0 nitrogen and oxygen atoms in total. The summed E-state index contributed by atoms with van der Waals surface area (Å²) in [5, 5.41) is 2.75. The number of hydrogen-bond acceptors (Lipinski definition) is 0. The zero-order valence-electron chi connectivity index (χ0n) is 11.2. The van der Waals surface area contributed by atoms with E-state index in [0.29, 0.717) is 0 Å². The van der Waals surface area contributed by atoms with Gasteiger partial charge in [-0.2, -0.15) is 0 Å². The highest BCUT2D eigenvalue weighted by molar-refractivity contribution is 6.01. The van der Waals surface area contributed by atoms with Crippen LogP contribution in [0, 0.1) is 20.3 Å². The molecule has 0 aromatic heterocycles. The van der Waals surface area contributed by atoms with Gasteiger partial charge in [0.1, 0.15) is 0 Å². The summed E-state index contributed by atoms with van der Waals surface area (Å²) in [6.07, 6.45) is 2.33. The van der Waals surface area contributed by atoms with Crippen LogP contribution in [-0.2, 0) is 0 Å². The molecular weight excluding hydrogens is 228 g/mol. The van der Waals surface area contributed by atoms with E-state index in [9.17, 15) is 0 Å². The van der Waals surface area contributed by atoms with Crippen molar-refractivity contribution in [2.45, 2.75) is 13.8 Å². The van der Waals surface area contributed by atoms with E-state index in [1.165, 1.54) is 44.2 Å². The maximum atomic E-state index is 2.33. The molecule has 3 aromatic rings. The summed E-state index contributed by atoms with van der Waals surface area (Å²) < 4.78 is 0. The van der Waals surface area contributed by atoms with Crippen LogP contribution in [0.1, 0.15) is 22.3 Å². The molecule has 0 unspecified atom stereocenters. The molecule has 1 aliphatic rings. The van der Waals surface area contributed by atoms with Crippen LogP contribution in [0.15, 0.2) is 48.5 Å². The molecule has 0 saturated carbocycles. The third-order valence-electron chi connectivity index (χ3n) is 4.36. The Hall–Kier alpha value is -2.08. The minimum atomic E-state index is 1.34. The van der Waals surface area contributed by atoms with Crippen molar-refractivity contribution in [2.75, 3.05) is 0 Å². The molecule has 0 atom stereocenters. The smallest absolute Gasteiger partial charge is 0.0218 e. The summed E-state index contributed by atoms with van der Waals surface area (Å²) >= 11 is 0. The standard InChI is InChI=1S/C19H15/c1-12-13(2)19-16-9-4-3-7-14(16)11-18(19)17-10-6-5-8-15(12)17/h3-11H,1-2H3. The summed E-state index contributed by atoms with van der Waals surface area (Å²) in [6.45, 7) is 4.48. The van der Waals surface area contributed by atoms with Crippen LogP contribution >= 0.6 is 0 Å². The minimum absolute atomic E-state index is 1.34. The van der Waals surface area contributed by atoms with Crippen LogP contribution in [0.2, 0.25) is 0 Å². The predicted molar refractivity (Wildman–Crippen MR) is 81.4 cm³/mol. The Morgan fingerprint density at radius 3 is 2.21 bits per heavy atom. The topological polar surface area (TPSA) is 0 Å². The first-order chi connectivity index (χ1) is 9.27. The predicted octanol–water partition coefficient (Wildman–Crippen LogP) is 5.04. The molecule has 0 fully saturated rings. The maximum absolute atomic E-state index is 2.33. The molecule has 0 bridgehead atoms. The molecular formula is C19H15. The van der Waals surface area contributed by atoms with Crippen LogP contribution in [0.5, 0.6) is 0 Å². The van der Waals surface area contributed by atoms with Crippen molar-refractivity contribution in [1.29, 1.82) is 0 Å². The number of aryl methyl sites for hydroxylation is 1.